The van der Waals surface area contributed by atoms with E-state index in [2.05, 4.69) is 16.0 Å². The monoisotopic (exact) mass is 408 g/mol. The number of thioether (sulfide) groups is 2. The van der Waals surface area contributed by atoms with Crippen LogP contribution >= 0.6 is 23.5 Å². The molecule has 0 aliphatic rings. The quantitative estimate of drug-likeness (QED) is 0.261. The smallest absolute Gasteiger partial charge is 0.322 e. The van der Waals surface area contributed by atoms with Crippen LogP contribution in [0.1, 0.15) is 19.8 Å². The maximum absolute atomic E-state index is 12.5. The molecule has 3 unspecified atom stereocenters. The van der Waals surface area contributed by atoms with Gasteiger partial charge in [0, 0.05) is 0 Å². The zero-order valence-electron chi connectivity index (χ0n) is 15.2. The van der Waals surface area contributed by atoms with Crippen molar-refractivity contribution in [3.05, 3.63) is 0 Å². The lowest BCUT2D eigenvalue weighted by Crippen LogP contribution is -2.56. The Bertz CT molecular complexity index is 491. The Morgan fingerprint density at radius 1 is 0.923 bits per heavy atom. The first kappa shape index (κ1) is 24.5. The number of nitrogens with one attached hydrogen (secondary N) is 3. The number of rotatable bonds is 13. The average Bonchev–Trinajstić information content (AvgIpc) is 2.59. The molecule has 0 fully saturated rings. The molecule has 9 nitrogen and oxygen atoms in total. The van der Waals surface area contributed by atoms with E-state index in [0.29, 0.717) is 24.3 Å². The number of hydrogen-bond acceptors (Lipinski definition) is 7. The second kappa shape index (κ2) is 13.7. The van der Waals surface area contributed by atoms with Crippen molar-refractivity contribution < 1.29 is 24.3 Å². The molecule has 0 heterocycles. The predicted octanol–water partition coefficient (Wildman–Crippen LogP) is -0.990. The summed E-state index contributed by atoms with van der Waals surface area (Å²) < 4.78 is 0. The summed E-state index contributed by atoms with van der Waals surface area (Å²) in [5.41, 5.74) is 5.52. The highest BCUT2D eigenvalue weighted by Crippen LogP contribution is 2.05. The molecule has 0 aliphatic heterocycles. The Balaban J connectivity index is 5.01. The normalized spacial score (nSPS) is 14.0. The summed E-state index contributed by atoms with van der Waals surface area (Å²) in [4.78, 5) is 47.1. The molecule has 3 amide bonds. The van der Waals surface area contributed by atoms with Gasteiger partial charge in [-0.25, -0.2) is 0 Å². The average molecular weight is 409 g/mol. The Morgan fingerprint density at radius 3 is 1.81 bits per heavy atom. The molecule has 0 aromatic heterocycles. The first-order valence-electron chi connectivity index (χ1n) is 8.06. The van der Waals surface area contributed by atoms with Crippen LogP contribution in [0.2, 0.25) is 0 Å². The lowest BCUT2D eigenvalue weighted by molar-refractivity contribution is -0.138. The van der Waals surface area contributed by atoms with Crippen LogP contribution in [0.25, 0.3) is 0 Å². The number of carbonyl (C=O) groups is 4. The van der Waals surface area contributed by atoms with Crippen molar-refractivity contribution in [1.82, 2.24) is 16.0 Å². The van der Waals surface area contributed by atoms with Gasteiger partial charge in [-0.05, 0) is 43.8 Å². The first-order valence-corrected chi connectivity index (χ1v) is 10.8. The summed E-state index contributed by atoms with van der Waals surface area (Å²) in [6, 6.07) is -2.45. The summed E-state index contributed by atoms with van der Waals surface area (Å²) >= 11 is 3.02. The van der Waals surface area contributed by atoms with Gasteiger partial charge in [0.15, 0.2) is 0 Å². The van der Waals surface area contributed by atoms with Gasteiger partial charge in [-0.15, -0.1) is 0 Å². The molecule has 0 saturated carbocycles. The van der Waals surface area contributed by atoms with Crippen LogP contribution in [-0.2, 0) is 19.2 Å². The van der Waals surface area contributed by atoms with E-state index < -0.39 is 48.4 Å². The van der Waals surface area contributed by atoms with Gasteiger partial charge in [-0.1, -0.05) is 0 Å². The van der Waals surface area contributed by atoms with Gasteiger partial charge in [0.05, 0.1) is 6.04 Å². The molecule has 0 aliphatic carbocycles. The Labute approximate surface area is 162 Å². The van der Waals surface area contributed by atoms with E-state index in [-0.39, 0.29) is 0 Å². The third-order valence-electron chi connectivity index (χ3n) is 3.31. The molecule has 0 rings (SSSR count). The van der Waals surface area contributed by atoms with Crippen LogP contribution in [0.4, 0.5) is 0 Å². The van der Waals surface area contributed by atoms with Gasteiger partial charge in [0.25, 0.3) is 0 Å². The second-order valence-corrected chi connectivity index (χ2v) is 7.56. The zero-order valence-corrected chi connectivity index (χ0v) is 16.9. The summed E-state index contributed by atoms with van der Waals surface area (Å²) in [5.74, 6) is -1.45. The fourth-order valence-electron chi connectivity index (χ4n) is 1.87. The molecule has 0 aromatic rings. The van der Waals surface area contributed by atoms with Crippen molar-refractivity contribution in [2.75, 3.05) is 30.6 Å². The molecule has 0 spiro atoms. The van der Waals surface area contributed by atoms with Crippen molar-refractivity contribution >= 4 is 47.2 Å². The van der Waals surface area contributed by atoms with Gasteiger partial charge in [0.2, 0.25) is 17.7 Å². The zero-order chi connectivity index (χ0) is 20.1. The molecular formula is C15H28N4O5S2. The van der Waals surface area contributed by atoms with Crippen LogP contribution in [0.15, 0.2) is 0 Å². The largest absolute Gasteiger partial charge is 0.480 e. The number of amides is 3. The van der Waals surface area contributed by atoms with Gasteiger partial charge in [-0.3, -0.25) is 19.2 Å². The number of carboxylic acid groups (broad SMARTS) is 1. The highest BCUT2D eigenvalue weighted by Gasteiger charge is 2.27. The van der Waals surface area contributed by atoms with E-state index in [1.807, 2.05) is 12.5 Å². The second-order valence-electron chi connectivity index (χ2n) is 5.59. The van der Waals surface area contributed by atoms with Crippen LogP contribution in [-0.4, -0.2) is 77.5 Å². The topological polar surface area (TPSA) is 151 Å². The van der Waals surface area contributed by atoms with Gasteiger partial charge >= 0.3 is 5.97 Å². The van der Waals surface area contributed by atoms with Gasteiger partial charge in [0.1, 0.15) is 18.6 Å². The van der Waals surface area contributed by atoms with Gasteiger partial charge < -0.3 is 26.8 Å². The van der Waals surface area contributed by atoms with E-state index in [1.165, 1.54) is 30.4 Å². The molecule has 6 N–H and O–H groups in total. The SMILES string of the molecule is CSCCC(NC(=O)C(C)N)C(=O)NC(CCSC)C(=O)NCC(=O)O. The van der Waals surface area contributed by atoms with E-state index in [9.17, 15) is 19.2 Å². The van der Waals surface area contributed by atoms with Crippen molar-refractivity contribution in [2.45, 2.75) is 37.9 Å². The minimum atomic E-state index is -1.17. The van der Waals surface area contributed by atoms with E-state index in [1.54, 1.807) is 0 Å². The summed E-state index contributed by atoms with van der Waals surface area (Å²) in [6.07, 6.45) is 4.47. The van der Waals surface area contributed by atoms with Crippen LogP contribution < -0.4 is 21.7 Å². The Kier molecular flexibility index (Phi) is 12.9. The standard InChI is InChI=1S/C15H28N4O5S2/c1-9(16)13(22)18-11(5-7-26-3)15(24)19-10(4-6-25-2)14(23)17-8-12(20)21/h9-11H,4-8,16H2,1-3H3,(H,17,23)(H,18,22)(H,19,24)(H,20,21). The number of hydrogen-bond donors (Lipinski definition) is 5. The number of nitrogens with two attached hydrogens (primary N) is 1. The fraction of sp³-hybridized carbons (Fsp3) is 0.733. The van der Waals surface area contributed by atoms with Crippen molar-refractivity contribution in [3.8, 4) is 0 Å². The van der Waals surface area contributed by atoms with Gasteiger partial charge in [-0.2, -0.15) is 23.5 Å². The molecular weight excluding hydrogens is 380 g/mol. The van der Waals surface area contributed by atoms with Crippen molar-refractivity contribution in [2.24, 2.45) is 5.73 Å². The Morgan fingerprint density at radius 2 is 1.38 bits per heavy atom. The summed E-state index contributed by atoms with van der Waals surface area (Å²) in [7, 11) is 0. The van der Waals surface area contributed by atoms with Crippen LogP contribution in [0, 0.1) is 0 Å². The fourth-order valence-corrected chi connectivity index (χ4v) is 2.81. The minimum absolute atomic E-state index is 0.342. The van der Waals surface area contributed by atoms with Crippen molar-refractivity contribution in [3.63, 3.8) is 0 Å². The molecule has 150 valence electrons. The maximum atomic E-state index is 12.5. The van der Waals surface area contributed by atoms with Crippen LogP contribution in [0.5, 0.6) is 0 Å². The molecule has 0 bridgehead atoms. The van der Waals surface area contributed by atoms with E-state index in [4.69, 9.17) is 10.8 Å². The van der Waals surface area contributed by atoms with E-state index >= 15 is 0 Å². The molecule has 0 aromatic carbocycles. The van der Waals surface area contributed by atoms with Crippen molar-refractivity contribution in [1.29, 1.82) is 0 Å². The highest BCUT2D eigenvalue weighted by molar-refractivity contribution is 7.98. The lowest BCUT2D eigenvalue weighted by atomic mass is 10.1. The minimum Gasteiger partial charge on any atom is -0.480 e. The first-order chi connectivity index (χ1) is 12.2. The molecule has 11 heteroatoms. The van der Waals surface area contributed by atoms with Crippen LogP contribution in [0.3, 0.4) is 0 Å². The molecule has 0 radical (unpaired) electrons. The molecule has 3 atom stereocenters. The summed E-state index contributed by atoms with van der Waals surface area (Å²) in [6.45, 7) is 0.987. The third kappa shape index (κ3) is 10.5. The maximum Gasteiger partial charge on any atom is 0.322 e. The molecule has 0 saturated heterocycles. The predicted molar refractivity (Wildman–Crippen MR) is 104 cm³/mol. The number of aliphatic carboxylic acids is 1. The summed E-state index contributed by atoms with van der Waals surface area (Å²) in [5, 5.41) is 16.1. The highest BCUT2D eigenvalue weighted by atomic mass is 32.2. The van der Waals surface area contributed by atoms with E-state index in [0.717, 1.165) is 0 Å². The number of carbonyl (C=O) groups excluding carboxylic acids is 3. The number of carboxylic acids is 1. The Hall–Kier alpha value is -1.46. The molecule has 26 heavy (non-hydrogen) atoms. The third-order valence-corrected chi connectivity index (χ3v) is 4.60. The lowest BCUT2D eigenvalue weighted by Gasteiger charge is -2.23.